The van der Waals surface area contributed by atoms with Crippen molar-refractivity contribution in [3.8, 4) is 0 Å². The lowest BCUT2D eigenvalue weighted by molar-refractivity contribution is 0.219. The standard InChI is InChI=1S/C17H23BrN2S/c1-13(15-6-4-3-5-7-15)8-16(10-19)20(2)11-14-9-17(18)21-12-14/h3-7,9,12-13,16H,8,10-11,19H2,1-2H3. The predicted octanol–water partition coefficient (Wildman–Crippen LogP) is 4.46. The molecule has 1 aromatic heterocycles. The van der Waals surface area contributed by atoms with Crippen LogP contribution in [0.15, 0.2) is 45.6 Å². The maximum atomic E-state index is 6.01. The van der Waals surface area contributed by atoms with Gasteiger partial charge in [-0.3, -0.25) is 4.90 Å². The van der Waals surface area contributed by atoms with Gasteiger partial charge < -0.3 is 5.73 Å². The first-order chi connectivity index (χ1) is 10.1. The van der Waals surface area contributed by atoms with Gasteiger partial charge in [0.05, 0.1) is 3.79 Å². The van der Waals surface area contributed by atoms with Crippen molar-refractivity contribution in [3.63, 3.8) is 0 Å². The normalized spacial score (nSPS) is 14.3. The van der Waals surface area contributed by atoms with E-state index in [1.54, 1.807) is 11.3 Å². The minimum absolute atomic E-state index is 0.402. The Balaban J connectivity index is 1.95. The number of benzene rings is 1. The number of hydrogen-bond donors (Lipinski definition) is 1. The van der Waals surface area contributed by atoms with Crippen molar-refractivity contribution in [1.82, 2.24) is 4.90 Å². The van der Waals surface area contributed by atoms with Gasteiger partial charge in [0.2, 0.25) is 0 Å². The van der Waals surface area contributed by atoms with Crippen molar-refractivity contribution in [2.24, 2.45) is 5.73 Å². The van der Waals surface area contributed by atoms with Crippen molar-refractivity contribution in [1.29, 1.82) is 0 Å². The third kappa shape index (κ3) is 4.92. The fourth-order valence-corrected chi connectivity index (χ4v) is 3.83. The van der Waals surface area contributed by atoms with Crippen LogP contribution in [0.25, 0.3) is 0 Å². The molecule has 1 heterocycles. The van der Waals surface area contributed by atoms with Crippen molar-refractivity contribution in [3.05, 3.63) is 56.7 Å². The largest absolute Gasteiger partial charge is 0.329 e. The second kappa shape index (κ2) is 8.08. The summed E-state index contributed by atoms with van der Waals surface area (Å²) in [6.07, 6.45) is 1.09. The second-order valence-corrected chi connectivity index (χ2v) is 7.90. The van der Waals surface area contributed by atoms with Crippen molar-refractivity contribution >= 4 is 27.3 Å². The molecule has 0 aliphatic rings. The average molecular weight is 367 g/mol. The van der Waals surface area contributed by atoms with Crippen molar-refractivity contribution in [2.45, 2.75) is 31.8 Å². The Hall–Kier alpha value is -0.680. The Morgan fingerprint density at radius 3 is 2.57 bits per heavy atom. The van der Waals surface area contributed by atoms with Crippen LogP contribution in [-0.4, -0.2) is 24.5 Å². The highest BCUT2D eigenvalue weighted by molar-refractivity contribution is 9.11. The van der Waals surface area contributed by atoms with Crippen LogP contribution < -0.4 is 5.73 Å². The molecule has 0 saturated carbocycles. The smallest absolute Gasteiger partial charge is 0.0701 e. The fourth-order valence-electron chi connectivity index (χ4n) is 2.63. The summed E-state index contributed by atoms with van der Waals surface area (Å²) in [4.78, 5) is 2.37. The molecule has 2 rings (SSSR count). The summed E-state index contributed by atoms with van der Waals surface area (Å²) >= 11 is 5.26. The number of nitrogens with two attached hydrogens (primary N) is 1. The molecule has 0 bridgehead atoms. The maximum absolute atomic E-state index is 6.01. The monoisotopic (exact) mass is 366 g/mol. The van der Waals surface area contributed by atoms with E-state index in [1.807, 2.05) is 0 Å². The SMILES string of the molecule is CC(CC(CN)N(C)Cc1csc(Br)c1)c1ccccc1. The van der Waals surface area contributed by atoms with Gasteiger partial charge in [-0.1, -0.05) is 37.3 Å². The number of thiophene rings is 1. The lowest BCUT2D eigenvalue weighted by Crippen LogP contribution is -2.38. The minimum atomic E-state index is 0.402. The third-order valence-corrected chi connectivity index (χ3v) is 5.50. The summed E-state index contributed by atoms with van der Waals surface area (Å²) in [7, 11) is 2.17. The molecule has 2 nitrogen and oxygen atoms in total. The topological polar surface area (TPSA) is 29.3 Å². The van der Waals surface area contributed by atoms with Crippen LogP contribution in [0.1, 0.15) is 30.4 Å². The number of halogens is 1. The summed E-state index contributed by atoms with van der Waals surface area (Å²) < 4.78 is 1.19. The first-order valence-electron chi connectivity index (χ1n) is 7.28. The number of likely N-dealkylation sites (N-methyl/N-ethyl adjacent to an activating group) is 1. The summed E-state index contributed by atoms with van der Waals surface area (Å²) in [6.45, 7) is 3.93. The van der Waals surface area contributed by atoms with Crippen LogP contribution in [0.3, 0.4) is 0 Å². The van der Waals surface area contributed by atoms with Gasteiger partial charge in [-0.15, -0.1) is 11.3 Å². The van der Waals surface area contributed by atoms with Gasteiger partial charge in [-0.2, -0.15) is 0 Å². The minimum Gasteiger partial charge on any atom is -0.329 e. The lowest BCUT2D eigenvalue weighted by atomic mass is 9.93. The Morgan fingerprint density at radius 1 is 1.29 bits per heavy atom. The molecule has 0 radical (unpaired) electrons. The van der Waals surface area contributed by atoms with E-state index in [2.05, 4.69) is 76.6 Å². The van der Waals surface area contributed by atoms with Gasteiger partial charge in [0.25, 0.3) is 0 Å². The molecule has 2 aromatic rings. The van der Waals surface area contributed by atoms with Gasteiger partial charge >= 0.3 is 0 Å². The molecule has 0 aliphatic heterocycles. The number of hydrogen-bond acceptors (Lipinski definition) is 3. The highest BCUT2D eigenvalue weighted by atomic mass is 79.9. The van der Waals surface area contributed by atoms with Crippen molar-refractivity contribution in [2.75, 3.05) is 13.6 Å². The predicted molar refractivity (Wildman–Crippen MR) is 95.8 cm³/mol. The molecule has 21 heavy (non-hydrogen) atoms. The van der Waals surface area contributed by atoms with E-state index in [1.165, 1.54) is 14.9 Å². The molecular weight excluding hydrogens is 344 g/mol. The van der Waals surface area contributed by atoms with E-state index in [9.17, 15) is 0 Å². The zero-order valence-electron chi connectivity index (χ0n) is 12.6. The molecule has 2 N–H and O–H groups in total. The molecule has 0 saturated heterocycles. The van der Waals surface area contributed by atoms with E-state index in [-0.39, 0.29) is 0 Å². The van der Waals surface area contributed by atoms with E-state index in [4.69, 9.17) is 5.73 Å². The molecule has 0 spiro atoms. The molecule has 0 fully saturated rings. The van der Waals surface area contributed by atoms with Gasteiger partial charge in [0, 0.05) is 19.1 Å². The summed E-state index contributed by atoms with van der Waals surface area (Å²) in [5.41, 5.74) is 8.75. The molecule has 1 aromatic carbocycles. The van der Waals surface area contributed by atoms with Gasteiger partial charge in [0.15, 0.2) is 0 Å². The Labute approximate surface area is 140 Å². The zero-order chi connectivity index (χ0) is 15.2. The highest BCUT2D eigenvalue weighted by Gasteiger charge is 2.18. The molecule has 114 valence electrons. The lowest BCUT2D eigenvalue weighted by Gasteiger charge is -2.29. The molecule has 2 unspecified atom stereocenters. The maximum Gasteiger partial charge on any atom is 0.0701 e. The Bertz CT molecular complexity index is 541. The molecule has 4 heteroatoms. The molecule has 0 aliphatic carbocycles. The number of rotatable bonds is 7. The van der Waals surface area contributed by atoms with E-state index in [0.29, 0.717) is 18.5 Å². The molecule has 0 amide bonds. The Morgan fingerprint density at radius 2 is 2.00 bits per heavy atom. The van der Waals surface area contributed by atoms with Crippen molar-refractivity contribution < 1.29 is 0 Å². The van der Waals surface area contributed by atoms with Crippen LogP contribution in [0.5, 0.6) is 0 Å². The quantitative estimate of drug-likeness (QED) is 0.783. The molecular formula is C17H23BrN2S. The van der Waals surface area contributed by atoms with Gasteiger partial charge in [0.1, 0.15) is 0 Å². The summed E-state index contributed by atoms with van der Waals surface area (Å²) in [5, 5.41) is 2.20. The van der Waals surface area contributed by atoms with E-state index >= 15 is 0 Å². The third-order valence-electron chi connectivity index (χ3n) is 3.94. The zero-order valence-corrected chi connectivity index (χ0v) is 15.0. The summed E-state index contributed by atoms with van der Waals surface area (Å²) in [5.74, 6) is 0.524. The average Bonchev–Trinajstić information content (AvgIpc) is 2.90. The first kappa shape index (κ1) is 16.7. The highest BCUT2D eigenvalue weighted by Crippen LogP contribution is 2.25. The van der Waals surface area contributed by atoms with Crippen LogP contribution in [0.4, 0.5) is 0 Å². The van der Waals surface area contributed by atoms with E-state index < -0.39 is 0 Å². The van der Waals surface area contributed by atoms with Crippen LogP contribution in [-0.2, 0) is 6.54 Å². The van der Waals surface area contributed by atoms with Crippen LogP contribution >= 0.6 is 27.3 Å². The van der Waals surface area contributed by atoms with Crippen LogP contribution in [0, 0.1) is 0 Å². The Kier molecular flexibility index (Phi) is 6.42. The first-order valence-corrected chi connectivity index (χ1v) is 8.95. The summed E-state index contributed by atoms with van der Waals surface area (Å²) in [6, 6.07) is 13.3. The van der Waals surface area contributed by atoms with Gasteiger partial charge in [-0.25, -0.2) is 0 Å². The van der Waals surface area contributed by atoms with E-state index in [0.717, 1.165) is 13.0 Å². The second-order valence-electron chi connectivity index (χ2n) is 5.61. The van der Waals surface area contributed by atoms with Gasteiger partial charge in [-0.05, 0) is 57.9 Å². The van der Waals surface area contributed by atoms with Crippen LogP contribution in [0.2, 0.25) is 0 Å². The number of nitrogens with zero attached hydrogens (tertiary/aromatic N) is 1. The fraction of sp³-hybridized carbons (Fsp3) is 0.412. The molecule has 2 atom stereocenters.